The first-order valence-electron chi connectivity index (χ1n) is 25.3. The summed E-state index contributed by atoms with van der Waals surface area (Å²) in [5, 5.41) is -0.509. The van der Waals surface area contributed by atoms with Crippen molar-refractivity contribution in [1.29, 1.82) is 0 Å². The molecule has 0 amide bonds. The first-order chi connectivity index (χ1) is 35.7. The van der Waals surface area contributed by atoms with Crippen LogP contribution in [-0.4, -0.2) is 149 Å². The van der Waals surface area contributed by atoms with Gasteiger partial charge in [0.1, 0.15) is 56.7 Å². The number of carbonyl (C=O) groups is 6. The van der Waals surface area contributed by atoms with E-state index in [4.69, 9.17) is 18.4 Å². The van der Waals surface area contributed by atoms with Crippen molar-refractivity contribution < 1.29 is 109 Å². The van der Waals surface area contributed by atoms with Crippen molar-refractivity contribution in [3.63, 3.8) is 0 Å². The molecule has 11 atom stereocenters. The number of esters is 6. The molecule has 4 heterocycles. The maximum absolute atomic E-state index is 13.1. The summed E-state index contributed by atoms with van der Waals surface area (Å²) in [6.45, 7) is 9.92. The van der Waals surface area contributed by atoms with Crippen molar-refractivity contribution in [2.45, 2.75) is 136 Å². The zero-order chi connectivity index (χ0) is 57.2. The van der Waals surface area contributed by atoms with Gasteiger partial charge in [0.2, 0.25) is 6.79 Å². The van der Waals surface area contributed by atoms with Crippen LogP contribution >= 0.6 is 0 Å². The average Bonchev–Trinajstić information content (AvgIpc) is 4.15. The van der Waals surface area contributed by atoms with Gasteiger partial charge in [-0.1, -0.05) is 40.7 Å². The highest BCUT2D eigenvalue weighted by Crippen LogP contribution is 2.57. The summed E-state index contributed by atoms with van der Waals surface area (Å²) in [5.41, 5.74) is 0. The number of ether oxygens (including phenoxy) is 6. The third-order valence-electron chi connectivity index (χ3n) is 13.6. The summed E-state index contributed by atoms with van der Waals surface area (Å²) in [6.07, 6.45) is 11.8. The highest BCUT2D eigenvalue weighted by Gasteiger charge is 2.66. The lowest BCUT2D eigenvalue weighted by molar-refractivity contribution is -0.171. The van der Waals surface area contributed by atoms with Crippen LogP contribution < -0.4 is 0 Å². The summed E-state index contributed by atoms with van der Waals surface area (Å²) in [6, 6.07) is 5.72. The van der Waals surface area contributed by atoms with E-state index >= 15 is 0 Å². The van der Waals surface area contributed by atoms with Crippen LogP contribution in [-0.2, 0) is 102 Å². The van der Waals surface area contributed by atoms with Crippen LogP contribution in [0.1, 0.15) is 112 Å². The number of fused-ring (bicyclic) bond motifs is 4. The molecule has 25 nitrogen and oxygen atoms in total. The van der Waals surface area contributed by atoms with Gasteiger partial charge in [-0.15, -0.1) is 0 Å². The maximum atomic E-state index is 13.1. The Bertz CT molecular complexity index is 2500. The number of pyridine rings is 1. The van der Waals surface area contributed by atoms with Gasteiger partial charge in [-0.2, -0.15) is 8.42 Å². The van der Waals surface area contributed by atoms with E-state index in [1.165, 1.54) is 20.3 Å². The molecule has 10 rings (SSSR count). The number of aromatic nitrogens is 1. The van der Waals surface area contributed by atoms with Gasteiger partial charge in [-0.25, -0.2) is 25.3 Å². The lowest BCUT2D eigenvalue weighted by Crippen LogP contribution is -2.42. The second kappa shape index (κ2) is 30.1. The van der Waals surface area contributed by atoms with E-state index in [2.05, 4.69) is 19.2 Å². The summed E-state index contributed by atoms with van der Waals surface area (Å²) < 4.78 is 150. The second-order valence-corrected chi connectivity index (χ2v) is 24.7. The molecule has 0 spiro atoms. The molecule has 76 heavy (non-hydrogen) atoms. The minimum absolute atomic E-state index is 0.0251. The van der Waals surface area contributed by atoms with Crippen molar-refractivity contribution >= 4 is 76.3 Å². The molecule has 3 aliphatic heterocycles. The SMILES string of the molecule is CC.CC.CCC(=O)OCOC(=O)CS(=O)(=O)[O-].CCOC(=O)CS(=O)(=O)[O-].O=C(OCCS(=O)(=O)[O-])C1C2CCC(C2)C1C(=O)OC1C2CC3C1OS(=O)(=O)C3C2.O=C1OC2CC3CC(C2)CC1C3.c1ccncc1. The highest BCUT2D eigenvalue weighted by atomic mass is 32.2. The topological polar surface area (TPSA) is 386 Å². The molecule has 6 aliphatic carbocycles. The molecular weight excluding hydrogens is 1090 g/mol. The van der Waals surface area contributed by atoms with Crippen LogP contribution in [0.2, 0.25) is 0 Å². The number of nitrogens with zero attached hydrogens (tertiary/aromatic N) is 1. The van der Waals surface area contributed by atoms with Gasteiger partial charge in [-0.05, 0) is 107 Å². The Morgan fingerprint density at radius 1 is 0.658 bits per heavy atom. The normalized spacial score (nSPS) is 30.0. The van der Waals surface area contributed by atoms with Gasteiger partial charge in [0, 0.05) is 30.7 Å². The number of rotatable bonds is 14. The minimum atomic E-state index is -4.64. The van der Waals surface area contributed by atoms with Crippen LogP contribution in [0.5, 0.6) is 0 Å². The van der Waals surface area contributed by atoms with E-state index < -0.39 is 130 Å². The van der Waals surface area contributed by atoms with Gasteiger partial charge in [0.25, 0.3) is 10.1 Å². The molecule has 3 saturated heterocycles. The predicted octanol–water partition coefficient (Wildman–Crippen LogP) is 2.74. The van der Waals surface area contributed by atoms with E-state index in [1.807, 2.05) is 45.9 Å². The number of carbonyl (C=O) groups excluding carboxylic acids is 6. The molecule has 9 aliphatic rings. The molecule has 0 radical (unpaired) electrons. The van der Waals surface area contributed by atoms with Crippen LogP contribution in [0.25, 0.3) is 0 Å². The van der Waals surface area contributed by atoms with Crippen molar-refractivity contribution in [2.24, 2.45) is 53.3 Å². The standard InChI is InChI=1S/C18H24O10S2.C10H14O2.C6H10O7S.C5H5N.C4H8O5S.2C2H6/c19-17(26-3-4-29(21,22)23)13-8-1-2-9(5-8)14(13)18(20)27-15-10-6-11-12(7-10)30(24,25)28-16(11)15;11-10-8-2-6-1-7(3-8)5-9(4-6)12-10;1-2-5(7)12-4-13-6(8)3-14(9,10)11;1-2-4-6-5-3-1;1-2-9-4(5)3-10(6,7)8;2*1-2/h8-16H,1-7H2,(H,21,22,23);6-9H,1-5H2;2-4H2,1H3,(H,9,10,11);1-5H;2-3H2,1H3,(H,6,7,8);2*1-2H3/p-3. The van der Waals surface area contributed by atoms with Gasteiger partial charge in [0.15, 0.2) is 0 Å². The molecule has 6 saturated carbocycles. The third-order valence-corrected chi connectivity index (χ3v) is 17.2. The zero-order valence-corrected chi connectivity index (χ0v) is 46.6. The molecule has 1 aromatic heterocycles. The van der Waals surface area contributed by atoms with Crippen molar-refractivity contribution in [3.05, 3.63) is 30.6 Å². The molecule has 434 valence electrons. The van der Waals surface area contributed by atoms with E-state index in [0.717, 1.165) is 50.4 Å². The molecule has 0 N–H and O–H groups in total. The Morgan fingerprint density at radius 2 is 1.20 bits per heavy atom. The summed E-state index contributed by atoms with van der Waals surface area (Å²) in [4.78, 5) is 72.2. The first kappa shape index (κ1) is 65.9. The highest BCUT2D eigenvalue weighted by molar-refractivity contribution is 7.87. The summed E-state index contributed by atoms with van der Waals surface area (Å²) in [7, 11) is -17.2. The van der Waals surface area contributed by atoms with E-state index in [-0.39, 0.29) is 54.7 Å². The Balaban J connectivity index is 0.000000276. The molecule has 9 fully saturated rings. The summed E-state index contributed by atoms with van der Waals surface area (Å²) in [5.74, 6) is -6.95. The fourth-order valence-electron chi connectivity index (χ4n) is 11.0. The Morgan fingerprint density at radius 3 is 1.68 bits per heavy atom. The van der Waals surface area contributed by atoms with Crippen molar-refractivity contribution in [1.82, 2.24) is 4.98 Å². The Labute approximate surface area is 444 Å². The van der Waals surface area contributed by atoms with Crippen molar-refractivity contribution in [3.8, 4) is 0 Å². The van der Waals surface area contributed by atoms with E-state index in [1.54, 1.807) is 12.4 Å². The monoisotopic (exact) mass is 1160 g/mol. The molecule has 8 bridgehead atoms. The molecule has 29 heteroatoms. The number of hydrogen-bond acceptors (Lipinski definition) is 25. The smallest absolute Gasteiger partial charge is 0.322 e. The molecule has 0 aromatic carbocycles. The maximum Gasteiger partial charge on any atom is 0.322 e. The van der Waals surface area contributed by atoms with Gasteiger partial charge in [0.05, 0.1) is 45.5 Å². The van der Waals surface area contributed by atoms with Gasteiger partial charge >= 0.3 is 35.8 Å². The van der Waals surface area contributed by atoms with Crippen LogP contribution in [0, 0.1) is 53.3 Å². The third kappa shape index (κ3) is 20.8. The van der Waals surface area contributed by atoms with Gasteiger partial charge in [-0.3, -0.25) is 37.9 Å². The Kier molecular flexibility index (Phi) is 26.1. The fraction of sp³-hybridized carbons (Fsp3) is 0.766. The Hall–Kier alpha value is -4.39. The van der Waals surface area contributed by atoms with Crippen molar-refractivity contribution in [2.75, 3.05) is 37.3 Å². The largest absolute Gasteiger partial charge is 0.748 e. The lowest BCUT2D eigenvalue weighted by atomic mass is 9.68. The molecule has 11 unspecified atom stereocenters. The number of hydrogen-bond donors (Lipinski definition) is 0. The first-order valence-corrected chi connectivity index (χ1v) is 31.5. The molecule has 1 aromatic rings. The van der Waals surface area contributed by atoms with Crippen LogP contribution in [0.3, 0.4) is 0 Å². The predicted molar refractivity (Wildman–Crippen MR) is 260 cm³/mol. The van der Waals surface area contributed by atoms with E-state index in [9.17, 15) is 76.1 Å². The van der Waals surface area contributed by atoms with Crippen LogP contribution in [0.15, 0.2) is 30.6 Å². The second-order valence-electron chi connectivity index (χ2n) is 18.6. The lowest BCUT2D eigenvalue weighted by Gasteiger charge is -2.35. The quantitative estimate of drug-likeness (QED) is 0.0849. The average molecular weight is 1160 g/mol. The fourth-order valence-corrected chi connectivity index (χ4v) is 13.9. The molecular formula is C47H70NO24S4-3. The zero-order valence-electron chi connectivity index (χ0n) is 43.3. The summed E-state index contributed by atoms with van der Waals surface area (Å²) >= 11 is 0. The van der Waals surface area contributed by atoms with E-state index in [0.29, 0.717) is 19.3 Å². The van der Waals surface area contributed by atoms with Crippen LogP contribution in [0.4, 0.5) is 0 Å². The van der Waals surface area contributed by atoms with Gasteiger partial charge < -0.3 is 42.1 Å². The minimum Gasteiger partial charge on any atom is -0.748 e.